The largest absolute Gasteiger partial charge is 0.466 e. The van der Waals surface area contributed by atoms with E-state index in [0.29, 0.717) is 25.5 Å². The van der Waals surface area contributed by atoms with Crippen molar-refractivity contribution in [2.75, 3.05) is 19.8 Å². The Hall–Kier alpha value is -1.96. The summed E-state index contributed by atoms with van der Waals surface area (Å²) in [5.41, 5.74) is -4.16. The minimum absolute atomic E-state index is 0.0524. The summed E-state index contributed by atoms with van der Waals surface area (Å²) in [7, 11) is 0. The average molecular weight is 1100 g/mol. The molecular formula is C70H134O8. The van der Waals surface area contributed by atoms with Gasteiger partial charge < -0.3 is 24.1 Å². The predicted molar refractivity (Wildman–Crippen MR) is 332 cm³/mol. The number of hydrogen-bond acceptors (Lipinski definition) is 8. The first kappa shape index (κ1) is 76.0. The van der Waals surface area contributed by atoms with Gasteiger partial charge >= 0.3 is 17.9 Å². The van der Waals surface area contributed by atoms with E-state index >= 15 is 0 Å². The molecule has 1 N–H and O–H groups in total. The first-order valence-electron chi connectivity index (χ1n) is 34.8. The predicted octanol–water partition coefficient (Wildman–Crippen LogP) is 21.7. The van der Waals surface area contributed by atoms with Crippen LogP contribution in [-0.2, 0) is 33.4 Å². The summed E-state index contributed by atoms with van der Waals surface area (Å²) in [4.78, 5) is 54.0. The van der Waals surface area contributed by atoms with Crippen LogP contribution < -0.4 is 0 Å². The highest BCUT2D eigenvalue weighted by molar-refractivity contribution is 5.93. The number of esters is 3. The Labute approximate surface area is 485 Å². The van der Waals surface area contributed by atoms with Gasteiger partial charge in [0.15, 0.2) is 5.60 Å². The fraction of sp³-hybridized carbons (Fsp3) is 0.943. The minimum Gasteiger partial charge on any atom is -0.466 e. The SMILES string of the molecule is CCCCCCCCCCCCCCCCCCCCOC(=O)CC(O)(C(=O)OCCCCCCCCCCCCCCCCCCCC)C(C(=O)OCCCCCCCCCCCCCCCCCCCC)C(C)(C)C=O. The number of carbonyl (C=O) groups is 4. The van der Waals surface area contributed by atoms with Crippen LogP contribution in [0, 0.1) is 11.3 Å². The summed E-state index contributed by atoms with van der Waals surface area (Å²) < 4.78 is 17.0. The Morgan fingerprint density at radius 2 is 0.538 bits per heavy atom. The molecule has 0 aromatic carbocycles. The van der Waals surface area contributed by atoms with Crippen LogP contribution in [0.5, 0.6) is 0 Å². The summed E-state index contributed by atoms with van der Waals surface area (Å²) in [6.07, 6.45) is 67.5. The number of unbranched alkanes of at least 4 members (excludes halogenated alkanes) is 51. The van der Waals surface area contributed by atoms with Crippen LogP contribution in [0.15, 0.2) is 0 Å². The van der Waals surface area contributed by atoms with Crippen LogP contribution in [0.1, 0.15) is 388 Å². The van der Waals surface area contributed by atoms with Gasteiger partial charge in [-0.3, -0.25) is 9.59 Å². The van der Waals surface area contributed by atoms with Gasteiger partial charge in [-0.25, -0.2) is 4.79 Å². The molecule has 0 amide bonds. The standard InChI is InChI=1S/C70H134O8/c1-6-9-12-15-18-21-24-27-30-33-36-39-42-45-48-51-54-57-60-76-65(72)63-70(75,68(74)78-62-59-56-53-50-47-44-41-38-35-32-29-26-23-20-17-14-11-8-3)66(69(4,5)64-71)67(73)77-61-58-55-52-49-46-43-40-37-34-31-28-25-22-19-16-13-10-7-2/h64,66,75H,6-63H2,1-5H3. The smallest absolute Gasteiger partial charge is 0.339 e. The molecule has 2 unspecified atom stereocenters. The van der Waals surface area contributed by atoms with Crippen molar-refractivity contribution >= 4 is 24.2 Å². The van der Waals surface area contributed by atoms with E-state index in [4.69, 9.17) is 14.2 Å². The van der Waals surface area contributed by atoms with Crippen LogP contribution in [0.25, 0.3) is 0 Å². The summed E-state index contributed by atoms with van der Waals surface area (Å²) in [6, 6.07) is 0. The lowest BCUT2D eigenvalue weighted by Gasteiger charge is -2.38. The third kappa shape index (κ3) is 47.7. The quantitative estimate of drug-likeness (QED) is 0.0277. The monoisotopic (exact) mass is 1100 g/mol. The second-order valence-electron chi connectivity index (χ2n) is 25.0. The molecule has 0 aliphatic carbocycles. The molecule has 0 fully saturated rings. The molecule has 8 heteroatoms. The number of aldehydes is 1. The van der Waals surface area contributed by atoms with Gasteiger partial charge in [-0.1, -0.05) is 362 Å². The average Bonchev–Trinajstić information content (AvgIpc) is 3.51. The zero-order valence-electron chi connectivity index (χ0n) is 53.0. The van der Waals surface area contributed by atoms with Crippen molar-refractivity contribution in [2.24, 2.45) is 11.3 Å². The first-order valence-corrected chi connectivity index (χ1v) is 34.8. The molecule has 0 bridgehead atoms. The summed E-state index contributed by atoms with van der Waals surface area (Å²) in [5.74, 6) is -4.39. The van der Waals surface area contributed by atoms with E-state index in [1.54, 1.807) is 0 Å². The van der Waals surface area contributed by atoms with E-state index in [2.05, 4.69) is 20.8 Å². The Kier molecular flexibility index (Phi) is 56.8. The Morgan fingerprint density at radius 1 is 0.333 bits per heavy atom. The molecule has 8 nitrogen and oxygen atoms in total. The highest BCUT2D eigenvalue weighted by Gasteiger charge is 2.58. The van der Waals surface area contributed by atoms with Gasteiger partial charge in [0, 0.05) is 5.41 Å². The summed E-state index contributed by atoms with van der Waals surface area (Å²) in [6.45, 7) is 10.1. The molecule has 0 saturated carbocycles. The van der Waals surface area contributed by atoms with E-state index in [1.807, 2.05) is 0 Å². The first-order chi connectivity index (χ1) is 38.1. The van der Waals surface area contributed by atoms with Gasteiger partial charge in [-0.2, -0.15) is 0 Å². The van der Waals surface area contributed by atoms with Crippen molar-refractivity contribution in [1.29, 1.82) is 0 Å². The molecule has 462 valence electrons. The third-order valence-corrected chi connectivity index (χ3v) is 16.8. The van der Waals surface area contributed by atoms with Crippen molar-refractivity contribution in [3.8, 4) is 0 Å². The summed E-state index contributed by atoms with van der Waals surface area (Å²) in [5, 5.41) is 12.3. The normalized spacial score (nSPS) is 12.9. The van der Waals surface area contributed by atoms with Gasteiger partial charge in [0.1, 0.15) is 12.2 Å². The lowest BCUT2D eigenvalue weighted by Crippen LogP contribution is -2.57. The third-order valence-electron chi connectivity index (χ3n) is 16.8. The van der Waals surface area contributed by atoms with Crippen LogP contribution >= 0.6 is 0 Å². The molecular weight excluding hydrogens is 969 g/mol. The number of rotatable bonds is 64. The van der Waals surface area contributed by atoms with Gasteiger partial charge in [-0.05, 0) is 19.3 Å². The Bertz CT molecular complexity index is 1300. The number of carbonyl (C=O) groups excluding carboxylic acids is 4. The lowest BCUT2D eigenvalue weighted by molar-refractivity contribution is -0.194. The van der Waals surface area contributed by atoms with Crippen LogP contribution in [-0.4, -0.2) is 54.7 Å². The highest BCUT2D eigenvalue weighted by Crippen LogP contribution is 2.39. The van der Waals surface area contributed by atoms with E-state index in [-0.39, 0.29) is 19.8 Å². The molecule has 78 heavy (non-hydrogen) atoms. The van der Waals surface area contributed by atoms with E-state index in [0.717, 1.165) is 57.8 Å². The van der Waals surface area contributed by atoms with Crippen LogP contribution in [0.2, 0.25) is 0 Å². The fourth-order valence-corrected chi connectivity index (χ4v) is 11.5. The zero-order chi connectivity index (χ0) is 57.2. The van der Waals surface area contributed by atoms with Gasteiger partial charge in [0.25, 0.3) is 0 Å². The van der Waals surface area contributed by atoms with Crippen molar-refractivity contribution < 1.29 is 38.5 Å². The highest BCUT2D eigenvalue weighted by atomic mass is 16.6. The Balaban J connectivity index is 4.92. The molecule has 0 heterocycles. The van der Waals surface area contributed by atoms with Gasteiger partial charge in [0.05, 0.1) is 26.2 Å². The minimum atomic E-state index is -2.63. The van der Waals surface area contributed by atoms with Gasteiger partial charge in [0.2, 0.25) is 0 Å². The Morgan fingerprint density at radius 3 is 0.769 bits per heavy atom. The molecule has 0 saturated heterocycles. The molecule has 0 aromatic rings. The number of hydrogen-bond donors (Lipinski definition) is 1. The number of aliphatic hydroxyl groups is 1. The lowest BCUT2D eigenvalue weighted by atomic mass is 9.68. The second kappa shape index (κ2) is 58.2. The molecule has 0 aromatic heterocycles. The molecule has 0 radical (unpaired) electrons. The van der Waals surface area contributed by atoms with Crippen LogP contribution in [0.4, 0.5) is 0 Å². The number of ether oxygens (including phenoxy) is 3. The molecule has 0 rings (SSSR count). The molecule has 0 aliphatic rings. The molecule has 2 atom stereocenters. The van der Waals surface area contributed by atoms with Crippen molar-refractivity contribution in [3.05, 3.63) is 0 Å². The van der Waals surface area contributed by atoms with Gasteiger partial charge in [-0.15, -0.1) is 0 Å². The van der Waals surface area contributed by atoms with Crippen LogP contribution in [0.3, 0.4) is 0 Å². The summed E-state index contributed by atoms with van der Waals surface area (Å²) >= 11 is 0. The molecule has 0 aliphatic heterocycles. The second-order valence-corrected chi connectivity index (χ2v) is 25.0. The van der Waals surface area contributed by atoms with E-state index < -0.39 is 41.3 Å². The van der Waals surface area contributed by atoms with E-state index in [9.17, 15) is 24.3 Å². The maximum absolute atomic E-state index is 14.0. The van der Waals surface area contributed by atoms with Crippen molar-refractivity contribution in [3.63, 3.8) is 0 Å². The van der Waals surface area contributed by atoms with Crippen molar-refractivity contribution in [2.45, 2.75) is 393 Å². The maximum atomic E-state index is 14.0. The maximum Gasteiger partial charge on any atom is 0.339 e. The zero-order valence-corrected chi connectivity index (χ0v) is 53.0. The fourth-order valence-electron chi connectivity index (χ4n) is 11.5. The topological polar surface area (TPSA) is 116 Å². The van der Waals surface area contributed by atoms with E-state index in [1.165, 1.54) is 284 Å². The van der Waals surface area contributed by atoms with Crippen molar-refractivity contribution in [1.82, 2.24) is 0 Å². The molecule has 0 spiro atoms.